The van der Waals surface area contributed by atoms with Crippen LogP contribution in [0.1, 0.15) is 62.5 Å². The quantitative estimate of drug-likeness (QED) is 0.798. The van der Waals surface area contributed by atoms with Crippen molar-refractivity contribution in [3.8, 4) is 0 Å². The molecule has 158 valence electrons. The summed E-state index contributed by atoms with van der Waals surface area (Å²) in [7, 11) is 0. The molecule has 2 amide bonds. The predicted molar refractivity (Wildman–Crippen MR) is 116 cm³/mol. The molecule has 1 saturated carbocycles. The Bertz CT molecular complexity index is 719. The van der Waals surface area contributed by atoms with Gasteiger partial charge in [0.15, 0.2) is 0 Å². The summed E-state index contributed by atoms with van der Waals surface area (Å²) >= 11 is 0. The van der Waals surface area contributed by atoms with E-state index in [1.54, 1.807) is 0 Å². The van der Waals surface area contributed by atoms with E-state index in [0.29, 0.717) is 18.2 Å². The van der Waals surface area contributed by atoms with E-state index in [2.05, 4.69) is 22.3 Å². The summed E-state index contributed by atoms with van der Waals surface area (Å²) in [5.41, 5.74) is 3.74. The number of piperazine rings is 1. The maximum Gasteiger partial charge on any atom is 0.225 e. The molecule has 3 aliphatic rings. The third kappa shape index (κ3) is 5.59. The monoisotopic (exact) mass is 397 g/mol. The molecular formula is C24H35N3O2. The zero-order valence-corrected chi connectivity index (χ0v) is 17.6. The van der Waals surface area contributed by atoms with Gasteiger partial charge in [-0.3, -0.25) is 14.5 Å². The number of anilines is 1. The second kappa shape index (κ2) is 9.75. The normalized spacial score (nSPS) is 20.5. The number of fused-ring (bicyclic) bond motifs is 1. The van der Waals surface area contributed by atoms with Gasteiger partial charge in [-0.2, -0.15) is 0 Å². The van der Waals surface area contributed by atoms with Gasteiger partial charge in [0.05, 0.1) is 0 Å². The molecule has 0 spiro atoms. The molecule has 1 aromatic rings. The molecule has 0 unspecified atom stereocenters. The van der Waals surface area contributed by atoms with Crippen molar-refractivity contribution < 1.29 is 9.59 Å². The van der Waals surface area contributed by atoms with Crippen molar-refractivity contribution in [2.75, 3.05) is 38.0 Å². The number of benzene rings is 1. The molecular weight excluding hydrogens is 362 g/mol. The number of hydrogen-bond acceptors (Lipinski definition) is 3. The first-order valence-electron chi connectivity index (χ1n) is 11.6. The minimum atomic E-state index is 0.0822. The van der Waals surface area contributed by atoms with E-state index in [4.69, 9.17) is 0 Å². The molecule has 1 aliphatic heterocycles. The average Bonchev–Trinajstić information content (AvgIpc) is 3.21. The maximum absolute atomic E-state index is 12.6. The van der Waals surface area contributed by atoms with Gasteiger partial charge in [-0.1, -0.05) is 25.3 Å². The van der Waals surface area contributed by atoms with E-state index >= 15 is 0 Å². The molecule has 1 N–H and O–H groups in total. The highest BCUT2D eigenvalue weighted by molar-refractivity contribution is 5.91. The Labute approximate surface area is 174 Å². The number of nitrogens with one attached hydrogen (secondary N) is 1. The molecule has 1 heterocycles. The molecule has 0 bridgehead atoms. The maximum atomic E-state index is 12.6. The molecule has 2 aliphatic carbocycles. The Morgan fingerprint density at radius 1 is 0.931 bits per heavy atom. The smallest absolute Gasteiger partial charge is 0.225 e. The number of nitrogens with zero attached hydrogens (tertiary/aromatic N) is 2. The van der Waals surface area contributed by atoms with Crippen LogP contribution in [0.3, 0.4) is 0 Å². The van der Waals surface area contributed by atoms with Gasteiger partial charge in [0.25, 0.3) is 0 Å². The number of rotatable bonds is 6. The van der Waals surface area contributed by atoms with Crippen molar-refractivity contribution >= 4 is 17.5 Å². The van der Waals surface area contributed by atoms with Crippen LogP contribution in [0.4, 0.5) is 5.69 Å². The van der Waals surface area contributed by atoms with E-state index in [0.717, 1.165) is 51.3 Å². The Balaban J connectivity index is 1.15. The van der Waals surface area contributed by atoms with Gasteiger partial charge in [-0.25, -0.2) is 0 Å². The summed E-state index contributed by atoms with van der Waals surface area (Å²) in [4.78, 5) is 29.3. The van der Waals surface area contributed by atoms with Crippen LogP contribution >= 0.6 is 0 Å². The van der Waals surface area contributed by atoms with Crippen LogP contribution in [0.25, 0.3) is 0 Å². The molecule has 29 heavy (non-hydrogen) atoms. The highest BCUT2D eigenvalue weighted by Gasteiger charge is 2.24. The van der Waals surface area contributed by atoms with Crippen molar-refractivity contribution in [2.24, 2.45) is 5.92 Å². The first kappa shape index (κ1) is 20.4. The molecule has 0 atom stereocenters. The minimum Gasteiger partial charge on any atom is -0.340 e. The summed E-state index contributed by atoms with van der Waals surface area (Å²) in [5, 5.41) is 3.05. The van der Waals surface area contributed by atoms with Crippen LogP contribution < -0.4 is 5.32 Å². The van der Waals surface area contributed by atoms with Gasteiger partial charge < -0.3 is 10.2 Å². The van der Waals surface area contributed by atoms with Crippen molar-refractivity contribution in [3.63, 3.8) is 0 Å². The fourth-order valence-corrected chi connectivity index (χ4v) is 5.12. The van der Waals surface area contributed by atoms with Gasteiger partial charge >= 0.3 is 0 Å². The van der Waals surface area contributed by atoms with Gasteiger partial charge in [0.1, 0.15) is 0 Å². The predicted octanol–water partition coefficient (Wildman–Crippen LogP) is 3.62. The van der Waals surface area contributed by atoms with Crippen LogP contribution in [-0.2, 0) is 22.4 Å². The van der Waals surface area contributed by atoms with E-state index in [-0.39, 0.29) is 5.91 Å². The topological polar surface area (TPSA) is 52.7 Å². The summed E-state index contributed by atoms with van der Waals surface area (Å²) in [6.45, 7) is 4.13. The van der Waals surface area contributed by atoms with Gasteiger partial charge in [0, 0.05) is 51.3 Å². The average molecular weight is 398 g/mol. The third-order valence-electron chi connectivity index (χ3n) is 6.95. The largest absolute Gasteiger partial charge is 0.340 e. The van der Waals surface area contributed by atoms with Gasteiger partial charge in [0.2, 0.25) is 11.8 Å². The van der Waals surface area contributed by atoms with Crippen LogP contribution in [0.15, 0.2) is 18.2 Å². The first-order valence-corrected chi connectivity index (χ1v) is 11.6. The van der Waals surface area contributed by atoms with Crippen LogP contribution in [0, 0.1) is 5.92 Å². The minimum absolute atomic E-state index is 0.0822. The lowest BCUT2D eigenvalue weighted by atomic mass is 9.86. The Morgan fingerprint density at radius 3 is 2.48 bits per heavy atom. The number of aryl methyl sites for hydroxylation is 2. The van der Waals surface area contributed by atoms with E-state index in [9.17, 15) is 9.59 Å². The van der Waals surface area contributed by atoms with Crippen LogP contribution in [-0.4, -0.2) is 54.3 Å². The number of amides is 2. The van der Waals surface area contributed by atoms with E-state index in [1.165, 1.54) is 56.1 Å². The lowest BCUT2D eigenvalue weighted by Gasteiger charge is -2.35. The molecule has 5 nitrogen and oxygen atoms in total. The van der Waals surface area contributed by atoms with Crippen molar-refractivity contribution in [2.45, 2.75) is 64.2 Å². The fourth-order valence-electron chi connectivity index (χ4n) is 5.12. The Hall–Kier alpha value is -1.88. The zero-order chi connectivity index (χ0) is 20.1. The first-order chi connectivity index (χ1) is 14.2. The zero-order valence-electron chi connectivity index (χ0n) is 17.6. The summed E-state index contributed by atoms with van der Waals surface area (Å²) in [5.74, 6) is 1.03. The molecule has 1 saturated heterocycles. The molecule has 5 heteroatoms. The number of carbonyl (C=O) groups is 2. The summed E-state index contributed by atoms with van der Waals surface area (Å²) in [6.07, 6.45) is 11.1. The van der Waals surface area contributed by atoms with Crippen LogP contribution in [0.2, 0.25) is 0 Å². The lowest BCUT2D eigenvalue weighted by molar-refractivity contribution is -0.134. The number of hydrogen-bond donors (Lipinski definition) is 1. The highest BCUT2D eigenvalue weighted by atomic mass is 16.2. The number of carbonyl (C=O) groups excluding carboxylic acids is 2. The van der Waals surface area contributed by atoms with Crippen LogP contribution in [0.5, 0.6) is 0 Å². The summed E-state index contributed by atoms with van der Waals surface area (Å²) in [6, 6.07) is 6.32. The molecule has 0 radical (unpaired) electrons. The van der Waals surface area contributed by atoms with Crippen molar-refractivity contribution in [1.29, 1.82) is 0 Å². The molecule has 0 aromatic heterocycles. The second-order valence-electron chi connectivity index (χ2n) is 9.07. The fraction of sp³-hybridized carbons (Fsp3) is 0.667. The third-order valence-corrected chi connectivity index (χ3v) is 6.95. The Kier molecular flexibility index (Phi) is 6.86. The standard InChI is InChI=1S/C24H35N3O2/c28-23(25-22-10-9-20-7-4-8-21(20)18-22)11-12-26-13-15-27(16-14-26)24(29)17-19-5-2-1-3-6-19/h9-10,18-19H,1-8,11-17H2,(H,25,28). The SMILES string of the molecule is O=C(CCN1CCN(C(=O)CC2CCCCC2)CC1)Nc1ccc2c(c1)CCC2. The molecule has 1 aromatic carbocycles. The van der Waals surface area contributed by atoms with E-state index < -0.39 is 0 Å². The summed E-state index contributed by atoms with van der Waals surface area (Å²) < 4.78 is 0. The van der Waals surface area contributed by atoms with Crippen molar-refractivity contribution in [1.82, 2.24) is 9.80 Å². The highest BCUT2D eigenvalue weighted by Crippen LogP contribution is 2.27. The lowest BCUT2D eigenvalue weighted by Crippen LogP contribution is -2.49. The van der Waals surface area contributed by atoms with Gasteiger partial charge in [-0.15, -0.1) is 0 Å². The van der Waals surface area contributed by atoms with Gasteiger partial charge in [-0.05, 0) is 61.3 Å². The molecule has 4 rings (SSSR count). The van der Waals surface area contributed by atoms with E-state index in [1.807, 2.05) is 11.0 Å². The Morgan fingerprint density at radius 2 is 1.69 bits per heavy atom. The molecule has 2 fully saturated rings. The van der Waals surface area contributed by atoms with Crippen molar-refractivity contribution in [3.05, 3.63) is 29.3 Å². The second-order valence-corrected chi connectivity index (χ2v) is 9.07.